The Hall–Kier alpha value is -1.75. The van der Waals surface area contributed by atoms with Crippen molar-refractivity contribution < 1.29 is 14.3 Å². The number of rotatable bonds is 5. The van der Waals surface area contributed by atoms with E-state index in [1.807, 2.05) is 32.0 Å². The minimum absolute atomic E-state index is 0.0310. The first-order chi connectivity index (χ1) is 8.44. The van der Waals surface area contributed by atoms with Gasteiger partial charge >= 0.3 is 0 Å². The van der Waals surface area contributed by atoms with Crippen LogP contribution in [0.1, 0.15) is 19.4 Å². The molecule has 0 aliphatic heterocycles. The zero-order valence-electron chi connectivity index (χ0n) is 11.2. The Morgan fingerprint density at radius 3 is 2.39 bits per heavy atom. The predicted octanol–water partition coefficient (Wildman–Crippen LogP) is 1.01. The Morgan fingerprint density at radius 2 is 1.89 bits per heavy atom. The van der Waals surface area contributed by atoms with Gasteiger partial charge in [-0.25, -0.2) is 0 Å². The maximum Gasteiger partial charge on any atom is 0.234 e. The zero-order valence-corrected chi connectivity index (χ0v) is 11.2. The molecule has 1 amide bonds. The molecular weight excluding hydrogens is 232 g/mol. The number of nitrogens with one attached hydrogen (secondary N) is 1. The fourth-order valence-corrected chi connectivity index (χ4v) is 1.70. The molecule has 5 nitrogen and oxygen atoms in total. The van der Waals surface area contributed by atoms with Gasteiger partial charge in [0.1, 0.15) is 0 Å². The predicted molar refractivity (Wildman–Crippen MR) is 69.8 cm³/mol. The van der Waals surface area contributed by atoms with Gasteiger partial charge in [0.2, 0.25) is 5.91 Å². The summed E-state index contributed by atoms with van der Waals surface area (Å²) in [6.07, 6.45) is 0. The number of benzene rings is 1. The van der Waals surface area contributed by atoms with Gasteiger partial charge in [0, 0.05) is 0 Å². The van der Waals surface area contributed by atoms with Crippen LogP contribution in [0.2, 0.25) is 0 Å². The van der Waals surface area contributed by atoms with Crippen LogP contribution in [0, 0.1) is 0 Å². The van der Waals surface area contributed by atoms with Crippen LogP contribution >= 0.6 is 0 Å². The number of hydrogen-bond donors (Lipinski definition) is 2. The Balaban J connectivity index is 3.05. The topological polar surface area (TPSA) is 73.6 Å². The molecule has 0 bridgehead atoms. The van der Waals surface area contributed by atoms with Crippen LogP contribution in [0.25, 0.3) is 0 Å². The van der Waals surface area contributed by atoms with Gasteiger partial charge in [-0.1, -0.05) is 6.07 Å². The van der Waals surface area contributed by atoms with Crippen molar-refractivity contribution in [3.8, 4) is 11.5 Å². The maximum atomic E-state index is 11.4. The first kappa shape index (κ1) is 14.3. The average Bonchev–Trinajstić information content (AvgIpc) is 2.37. The van der Waals surface area contributed by atoms with E-state index in [4.69, 9.17) is 15.2 Å². The number of methoxy groups -OCH3 is 2. The molecule has 5 heteroatoms. The quantitative estimate of drug-likeness (QED) is 0.820. The lowest BCUT2D eigenvalue weighted by Crippen LogP contribution is -2.43. The van der Waals surface area contributed by atoms with Crippen molar-refractivity contribution in [3.63, 3.8) is 0 Å². The molecular formula is C13H20N2O3. The standard InChI is InChI=1S/C13H20N2O3/c1-13(2,15-12(16)8-14)9-5-6-10(17-3)11(7-9)18-4/h5-7H,8,14H2,1-4H3,(H,15,16). The van der Waals surface area contributed by atoms with Crippen molar-refractivity contribution in [3.05, 3.63) is 23.8 Å². The van der Waals surface area contributed by atoms with Crippen molar-refractivity contribution in [2.45, 2.75) is 19.4 Å². The summed E-state index contributed by atoms with van der Waals surface area (Å²) in [5.74, 6) is 1.09. The third-order valence-electron chi connectivity index (χ3n) is 2.74. The van der Waals surface area contributed by atoms with Gasteiger partial charge in [-0.3, -0.25) is 4.79 Å². The van der Waals surface area contributed by atoms with E-state index in [1.165, 1.54) is 0 Å². The van der Waals surface area contributed by atoms with Crippen LogP contribution in [0.5, 0.6) is 11.5 Å². The molecule has 0 radical (unpaired) electrons. The van der Waals surface area contributed by atoms with Gasteiger partial charge in [-0.15, -0.1) is 0 Å². The summed E-state index contributed by atoms with van der Waals surface area (Å²) >= 11 is 0. The molecule has 0 aliphatic rings. The van der Waals surface area contributed by atoms with E-state index < -0.39 is 5.54 Å². The third-order valence-corrected chi connectivity index (χ3v) is 2.74. The second kappa shape index (κ2) is 5.73. The summed E-state index contributed by atoms with van der Waals surface area (Å²) in [5.41, 5.74) is 5.70. The molecule has 3 N–H and O–H groups in total. The summed E-state index contributed by atoms with van der Waals surface area (Å²) in [6.45, 7) is 3.78. The van der Waals surface area contributed by atoms with Gasteiger partial charge in [0.25, 0.3) is 0 Å². The molecule has 0 spiro atoms. The van der Waals surface area contributed by atoms with E-state index in [-0.39, 0.29) is 12.5 Å². The summed E-state index contributed by atoms with van der Waals surface area (Å²) < 4.78 is 10.4. The van der Waals surface area contributed by atoms with Crippen molar-refractivity contribution in [2.24, 2.45) is 5.73 Å². The highest BCUT2D eigenvalue weighted by atomic mass is 16.5. The van der Waals surface area contributed by atoms with E-state index in [9.17, 15) is 4.79 Å². The molecule has 0 heterocycles. The second-order valence-corrected chi connectivity index (χ2v) is 4.45. The number of carbonyl (C=O) groups excluding carboxylic acids is 1. The van der Waals surface area contributed by atoms with Gasteiger partial charge < -0.3 is 20.5 Å². The highest BCUT2D eigenvalue weighted by Gasteiger charge is 2.23. The zero-order chi connectivity index (χ0) is 13.8. The van der Waals surface area contributed by atoms with Crippen molar-refractivity contribution in [1.82, 2.24) is 5.32 Å². The van der Waals surface area contributed by atoms with Crippen LogP contribution < -0.4 is 20.5 Å². The highest BCUT2D eigenvalue weighted by Crippen LogP contribution is 2.31. The van der Waals surface area contributed by atoms with Crippen molar-refractivity contribution in [1.29, 1.82) is 0 Å². The van der Waals surface area contributed by atoms with Gasteiger partial charge in [-0.05, 0) is 31.5 Å². The first-order valence-corrected chi connectivity index (χ1v) is 5.68. The number of carbonyl (C=O) groups is 1. The summed E-state index contributed by atoms with van der Waals surface area (Å²) in [7, 11) is 3.16. The van der Waals surface area contributed by atoms with Crippen LogP contribution in [-0.4, -0.2) is 26.7 Å². The summed E-state index contributed by atoms with van der Waals surface area (Å²) in [5, 5.41) is 2.85. The molecule has 100 valence electrons. The minimum atomic E-state index is -0.518. The van der Waals surface area contributed by atoms with Gasteiger partial charge in [-0.2, -0.15) is 0 Å². The molecule has 1 rings (SSSR count). The molecule has 0 aromatic heterocycles. The van der Waals surface area contributed by atoms with Crippen molar-refractivity contribution in [2.75, 3.05) is 20.8 Å². The SMILES string of the molecule is COc1ccc(C(C)(C)NC(=O)CN)cc1OC. The Morgan fingerprint density at radius 1 is 1.28 bits per heavy atom. The van der Waals surface area contributed by atoms with E-state index >= 15 is 0 Å². The van der Waals surface area contributed by atoms with Crippen LogP contribution in [0.3, 0.4) is 0 Å². The fourth-order valence-electron chi connectivity index (χ4n) is 1.70. The minimum Gasteiger partial charge on any atom is -0.493 e. The molecule has 18 heavy (non-hydrogen) atoms. The number of amides is 1. The molecule has 1 aromatic carbocycles. The largest absolute Gasteiger partial charge is 0.493 e. The fraction of sp³-hybridized carbons (Fsp3) is 0.462. The Kier molecular flexibility index (Phi) is 4.55. The number of nitrogens with two attached hydrogens (primary N) is 1. The third kappa shape index (κ3) is 3.13. The molecule has 0 unspecified atom stereocenters. The normalized spacial score (nSPS) is 10.9. The summed E-state index contributed by atoms with van der Waals surface area (Å²) in [4.78, 5) is 11.4. The van der Waals surface area contributed by atoms with Crippen LogP contribution in [-0.2, 0) is 10.3 Å². The van der Waals surface area contributed by atoms with Crippen LogP contribution in [0.15, 0.2) is 18.2 Å². The lowest BCUT2D eigenvalue weighted by Gasteiger charge is -2.27. The molecule has 0 saturated heterocycles. The smallest absolute Gasteiger partial charge is 0.234 e. The first-order valence-electron chi connectivity index (χ1n) is 5.68. The average molecular weight is 252 g/mol. The van der Waals surface area contributed by atoms with Crippen molar-refractivity contribution >= 4 is 5.91 Å². The number of ether oxygens (including phenoxy) is 2. The van der Waals surface area contributed by atoms with Gasteiger partial charge in [0.15, 0.2) is 11.5 Å². The molecule has 0 saturated carbocycles. The van der Waals surface area contributed by atoms with E-state index in [0.717, 1.165) is 5.56 Å². The van der Waals surface area contributed by atoms with Gasteiger partial charge in [0.05, 0.1) is 26.3 Å². The lowest BCUT2D eigenvalue weighted by molar-refractivity contribution is -0.121. The Labute approximate surface area is 107 Å². The monoisotopic (exact) mass is 252 g/mol. The lowest BCUT2D eigenvalue weighted by atomic mass is 9.93. The van der Waals surface area contributed by atoms with E-state index in [1.54, 1.807) is 14.2 Å². The van der Waals surface area contributed by atoms with E-state index in [2.05, 4.69) is 5.32 Å². The maximum absolute atomic E-state index is 11.4. The molecule has 0 aliphatic carbocycles. The molecule has 0 fully saturated rings. The second-order valence-electron chi connectivity index (χ2n) is 4.45. The van der Waals surface area contributed by atoms with E-state index in [0.29, 0.717) is 11.5 Å². The molecule has 0 atom stereocenters. The summed E-state index contributed by atoms with van der Waals surface area (Å²) in [6, 6.07) is 5.54. The van der Waals surface area contributed by atoms with Crippen LogP contribution in [0.4, 0.5) is 0 Å². The molecule has 1 aromatic rings. The highest BCUT2D eigenvalue weighted by molar-refractivity contribution is 5.78. The number of hydrogen-bond acceptors (Lipinski definition) is 4. The Bertz CT molecular complexity index is 430.